The van der Waals surface area contributed by atoms with Crippen LogP contribution in [0.2, 0.25) is 0 Å². The van der Waals surface area contributed by atoms with Gasteiger partial charge in [0.15, 0.2) is 0 Å². The highest BCUT2D eigenvalue weighted by atomic mass is 16.3. The number of aliphatic hydroxyl groups is 1. The largest absolute Gasteiger partial charge is 0.387 e. The van der Waals surface area contributed by atoms with Crippen molar-refractivity contribution in [3.05, 3.63) is 60.7 Å². The van der Waals surface area contributed by atoms with Gasteiger partial charge in [0.2, 0.25) is 11.8 Å². The molecule has 0 heterocycles. The third kappa shape index (κ3) is 4.66. The Hall–Kier alpha value is -2.66. The molecule has 0 fully saturated rings. The zero-order valence-electron chi connectivity index (χ0n) is 12.8. The van der Waals surface area contributed by atoms with Crippen LogP contribution in [0.1, 0.15) is 18.1 Å². The molecule has 2 aromatic carbocycles. The molecule has 0 aliphatic heterocycles. The number of hydrogen-bond acceptors (Lipinski definition) is 3. The number of benzene rings is 2. The van der Waals surface area contributed by atoms with E-state index in [-0.39, 0.29) is 31.3 Å². The van der Waals surface area contributed by atoms with E-state index >= 15 is 0 Å². The summed E-state index contributed by atoms with van der Waals surface area (Å²) < 4.78 is 0. The Bertz CT molecular complexity index is 707. The number of amides is 2. The molecule has 0 bridgehead atoms. The minimum absolute atomic E-state index is 0.127. The fourth-order valence-corrected chi connectivity index (χ4v) is 2.32. The van der Waals surface area contributed by atoms with E-state index in [1.54, 1.807) is 0 Å². The van der Waals surface area contributed by atoms with E-state index < -0.39 is 6.10 Å². The monoisotopic (exact) mass is 312 g/mol. The van der Waals surface area contributed by atoms with Crippen molar-refractivity contribution in [2.45, 2.75) is 12.5 Å². The Morgan fingerprint density at radius 1 is 1.13 bits per heavy atom. The topological polar surface area (TPSA) is 78.4 Å². The van der Waals surface area contributed by atoms with Crippen LogP contribution in [-0.2, 0) is 9.59 Å². The van der Waals surface area contributed by atoms with Crippen LogP contribution in [0.4, 0.5) is 0 Å². The quantitative estimate of drug-likeness (QED) is 0.681. The Morgan fingerprint density at radius 3 is 2.65 bits per heavy atom. The summed E-state index contributed by atoms with van der Waals surface area (Å²) in [6.45, 7) is 3.70. The van der Waals surface area contributed by atoms with Crippen LogP contribution in [-0.4, -0.2) is 30.0 Å². The number of fused-ring (bicyclic) bond motifs is 1. The van der Waals surface area contributed by atoms with Gasteiger partial charge >= 0.3 is 0 Å². The summed E-state index contributed by atoms with van der Waals surface area (Å²) in [7, 11) is 0. The van der Waals surface area contributed by atoms with Crippen LogP contribution in [0.5, 0.6) is 0 Å². The Kier molecular flexibility index (Phi) is 5.88. The molecule has 5 heteroatoms. The molecule has 0 saturated heterocycles. The van der Waals surface area contributed by atoms with Crippen LogP contribution in [0, 0.1) is 0 Å². The first-order chi connectivity index (χ1) is 11.1. The maximum atomic E-state index is 11.7. The van der Waals surface area contributed by atoms with Crippen molar-refractivity contribution in [2.75, 3.05) is 13.1 Å². The highest BCUT2D eigenvalue weighted by Gasteiger charge is 2.12. The lowest BCUT2D eigenvalue weighted by Gasteiger charge is -2.14. The fourth-order valence-electron chi connectivity index (χ4n) is 2.32. The van der Waals surface area contributed by atoms with E-state index in [0.29, 0.717) is 0 Å². The lowest BCUT2D eigenvalue weighted by molar-refractivity contribution is -0.121. The van der Waals surface area contributed by atoms with Gasteiger partial charge in [0.05, 0.1) is 6.10 Å². The molecule has 1 unspecified atom stereocenters. The Morgan fingerprint density at radius 2 is 1.87 bits per heavy atom. The summed E-state index contributed by atoms with van der Waals surface area (Å²) in [4.78, 5) is 22.7. The summed E-state index contributed by atoms with van der Waals surface area (Å²) in [6.07, 6.45) is 0.525. The first kappa shape index (κ1) is 16.7. The molecule has 120 valence electrons. The molecule has 2 aromatic rings. The van der Waals surface area contributed by atoms with Crippen molar-refractivity contribution in [3.63, 3.8) is 0 Å². The number of rotatable bonds is 7. The van der Waals surface area contributed by atoms with Crippen LogP contribution < -0.4 is 10.6 Å². The maximum Gasteiger partial charge on any atom is 0.243 e. The van der Waals surface area contributed by atoms with Gasteiger partial charge in [-0.1, -0.05) is 49.0 Å². The first-order valence-corrected chi connectivity index (χ1v) is 7.44. The molecule has 0 aliphatic carbocycles. The third-order valence-electron chi connectivity index (χ3n) is 3.51. The molecule has 0 aliphatic rings. The molecule has 1 atom stereocenters. The predicted molar refractivity (Wildman–Crippen MR) is 89.7 cm³/mol. The fraction of sp³-hybridized carbons (Fsp3) is 0.222. The minimum Gasteiger partial charge on any atom is -0.387 e. The molecule has 23 heavy (non-hydrogen) atoms. The number of carbonyl (C=O) groups is 2. The minimum atomic E-state index is -0.784. The summed E-state index contributed by atoms with van der Waals surface area (Å²) in [5, 5.41) is 17.5. The van der Waals surface area contributed by atoms with Crippen LogP contribution in [0.15, 0.2) is 55.1 Å². The van der Waals surface area contributed by atoms with E-state index in [4.69, 9.17) is 0 Å². The lowest BCUT2D eigenvalue weighted by atomic mass is 10.0. The van der Waals surface area contributed by atoms with E-state index in [1.165, 1.54) is 0 Å². The SMILES string of the molecule is C=CC(=O)NCCC(=O)NCC(O)c1cccc2ccccc12. The van der Waals surface area contributed by atoms with E-state index in [1.807, 2.05) is 42.5 Å². The van der Waals surface area contributed by atoms with Gasteiger partial charge in [-0.25, -0.2) is 0 Å². The standard InChI is InChI=1S/C18H20N2O3/c1-2-17(22)19-11-10-18(23)20-12-16(21)15-9-5-7-13-6-3-4-8-14(13)15/h2-9,16,21H,1,10-12H2,(H,19,22)(H,20,23). The van der Waals surface area contributed by atoms with Gasteiger partial charge in [0, 0.05) is 19.5 Å². The van der Waals surface area contributed by atoms with Gasteiger partial charge < -0.3 is 15.7 Å². The lowest BCUT2D eigenvalue weighted by Crippen LogP contribution is -2.32. The highest BCUT2D eigenvalue weighted by Crippen LogP contribution is 2.23. The van der Waals surface area contributed by atoms with Crippen molar-refractivity contribution in [1.82, 2.24) is 10.6 Å². The van der Waals surface area contributed by atoms with Crippen molar-refractivity contribution < 1.29 is 14.7 Å². The van der Waals surface area contributed by atoms with Crippen LogP contribution >= 0.6 is 0 Å². The molecule has 0 saturated carbocycles. The number of aliphatic hydroxyl groups excluding tert-OH is 1. The zero-order valence-corrected chi connectivity index (χ0v) is 12.8. The molecule has 0 radical (unpaired) electrons. The summed E-state index contributed by atoms with van der Waals surface area (Å²) in [5.41, 5.74) is 0.781. The predicted octanol–water partition coefficient (Wildman–Crippen LogP) is 1.68. The molecule has 0 spiro atoms. The summed E-state index contributed by atoms with van der Waals surface area (Å²) in [6, 6.07) is 13.5. The number of nitrogens with one attached hydrogen (secondary N) is 2. The highest BCUT2D eigenvalue weighted by molar-refractivity contribution is 5.87. The third-order valence-corrected chi connectivity index (χ3v) is 3.51. The van der Waals surface area contributed by atoms with Crippen LogP contribution in [0.25, 0.3) is 10.8 Å². The molecule has 2 amide bonds. The van der Waals surface area contributed by atoms with Gasteiger partial charge in [0.25, 0.3) is 0 Å². The van der Waals surface area contributed by atoms with Gasteiger partial charge in [-0.2, -0.15) is 0 Å². The number of carbonyl (C=O) groups excluding carboxylic acids is 2. The second-order valence-corrected chi connectivity index (χ2v) is 5.13. The zero-order chi connectivity index (χ0) is 16.7. The van der Waals surface area contributed by atoms with Gasteiger partial charge in [-0.15, -0.1) is 0 Å². The average Bonchev–Trinajstić information content (AvgIpc) is 2.59. The maximum absolute atomic E-state index is 11.7. The van der Waals surface area contributed by atoms with Crippen molar-refractivity contribution in [3.8, 4) is 0 Å². The molecular formula is C18H20N2O3. The Balaban J connectivity index is 1.89. The average molecular weight is 312 g/mol. The smallest absolute Gasteiger partial charge is 0.243 e. The number of hydrogen-bond donors (Lipinski definition) is 3. The van der Waals surface area contributed by atoms with E-state index in [2.05, 4.69) is 17.2 Å². The molecule has 5 nitrogen and oxygen atoms in total. The molecule has 2 rings (SSSR count). The molecule has 3 N–H and O–H groups in total. The van der Waals surface area contributed by atoms with Gasteiger partial charge in [-0.05, 0) is 22.4 Å². The summed E-state index contributed by atoms with van der Waals surface area (Å²) in [5.74, 6) is -0.540. The van der Waals surface area contributed by atoms with E-state index in [9.17, 15) is 14.7 Å². The van der Waals surface area contributed by atoms with Gasteiger partial charge in [-0.3, -0.25) is 9.59 Å². The Labute approximate surface area is 135 Å². The normalized spacial score (nSPS) is 11.7. The first-order valence-electron chi connectivity index (χ1n) is 7.44. The van der Waals surface area contributed by atoms with Gasteiger partial charge in [0.1, 0.15) is 0 Å². The molecular weight excluding hydrogens is 292 g/mol. The summed E-state index contributed by atoms with van der Waals surface area (Å²) >= 11 is 0. The van der Waals surface area contributed by atoms with Crippen LogP contribution in [0.3, 0.4) is 0 Å². The second-order valence-electron chi connectivity index (χ2n) is 5.13. The van der Waals surface area contributed by atoms with Crippen molar-refractivity contribution in [1.29, 1.82) is 0 Å². The van der Waals surface area contributed by atoms with Crippen molar-refractivity contribution in [2.24, 2.45) is 0 Å². The second kappa shape index (κ2) is 8.10. The van der Waals surface area contributed by atoms with E-state index in [0.717, 1.165) is 22.4 Å². The molecule has 0 aromatic heterocycles. The van der Waals surface area contributed by atoms with Crippen molar-refractivity contribution >= 4 is 22.6 Å².